The average molecular weight is 264 g/mol. The Hall–Kier alpha value is -0.180. The Kier molecular flexibility index (Phi) is 7.93. The lowest BCUT2D eigenvalue weighted by molar-refractivity contribution is -0.108. The zero-order valence-corrected chi connectivity index (χ0v) is 12.4. The van der Waals surface area contributed by atoms with Crippen LogP contribution in [0.15, 0.2) is 0 Å². The summed E-state index contributed by atoms with van der Waals surface area (Å²) in [4.78, 5) is 10.7. The molecule has 0 spiro atoms. The molecule has 0 aromatic rings. The third-order valence-electron chi connectivity index (χ3n) is 2.15. The predicted octanol–water partition coefficient (Wildman–Crippen LogP) is 3.79. The molecule has 0 aliphatic heterocycles. The molecular formula is C12H25O4P. The topological polar surface area (TPSA) is 52.6 Å². The summed E-state index contributed by atoms with van der Waals surface area (Å²) in [6.45, 7) is 9.27. The lowest BCUT2D eigenvalue weighted by atomic mass is 10.2. The molecule has 1 atom stereocenters. The first kappa shape index (κ1) is 16.8. The van der Waals surface area contributed by atoms with E-state index >= 15 is 0 Å². The molecule has 0 aliphatic rings. The molecule has 0 fully saturated rings. The van der Waals surface area contributed by atoms with Crippen LogP contribution in [-0.4, -0.2) is 24.2 Å². The van der Waals surface area contributed by atoms with E-state index in [1.165, 1.54) is 0 Å². The van der Waals surface area contributed by atoms with E-state index in [4.69, 9.17) is 9.05 Å². The van der Waals surface area contributed by atoms with Gasteiger partial charge in [0.25, 0.3) is 0 Å². The Morgan fingerprint density at radius 3 is 1.88 bits per heavy atom. The van der Waals surface area contributed by atoms with E-state index < -0.39 is 7.60 Å². The van der Waals surface area contributed by atoms with Gasteiger partial charge in [0.05, 0.1) is 17.9 Å². The fourth-order valence-electron chi connectivity index (χ4n) is 1.63. The SMILES string of the molecule is CCCC(CC=O)P(=O)(OC(C)C)OC(C)C. The summed E-state index contributed by atoms with van der Waals surface area (Å²) in [5.41, 5.74) is -0.324. The number of aldehydes is 1. The second-order valence-corrected chi connectivity index (χ2v) is 6.92. The minimum atomic E-state index is -3.21. The van der Waals surface area contributed by atoms with Gasteiger partial charge in [-0.15, -0.1) is 0 Å². The highest BCUT2D eigenvalue weighted by Gasteiger charge is 2.36. The van der Waals surface area contributed by atoms with Crippen molar-refractivity contribution in [2.24, 2.45) is 0 Å². The van der Waals surface area contributed by atoms with Crippen LogP contribution in [0.4, 0.5) is 0 Å². The van der Waals surface area contributed by atoms with Crippen LogP contribution in [0.2, 0.25) is 0 Å². The van der Waals surface area contributed by atoms with Crippen molar-refractivity contribution in [1.29, 1.82) is 0 Å². The van der Waals surface area contributed by atoms with Gasteiger partial charge in [-0.1, -0.05) is 13.3 Å². The fraction of sp³-hybridized carbons (Fsp3) is 0.917. The second-order valence-electron chi connectivity index (χ2n) is 4.69. The molecule has 17 heavy (non-hydrogen) atoms. The van der Waals surface area contributed by atoms with E-state index in [-0.39, 0.29) is 24.3 Å². The van der Waals surface area contributed by atoms with Gasteiger partial charge in [-0.3, -0.25) is 4.57 Å². The zero-order valence-electron chi connectivity index (χ0n) is 11.5. The molecule has 0 amide bonds. The van der Waals surface area contributed by atoms with Crippen LogP contribution in [0.25, 0.3) is 0 Å². The monoisotopic (exact) mass is 264 g/mol. The van der Waals surface area contributed by atoms with Gasteiger partial charge in [0.1, 0.15) is 6.29 Å². The molecule has 0 bridgehead atoms. The maximum absolute atomic E-state index is 12.7. The van der Waals surface area contributed by atoms with E-state index in [9.17, 15) is 9.36 Å². The summed E-state index contributed by atoms with van der Waals surface area (Å²) in [5.74, 6) is 0. The molecule has 5 heteroatoms. The Labute approximate surface area is 105 Å². The molecule has 0 aromatic heterocycles. The minimum Gasteiger partial charge on any atom is -0.306 e. The quantitative estimate of drug-likeness (QED) is 0.469. The van der Waals surface area contributed by atoms with Crippen molar-refractivity contribution in [2.45, 2.75) is 71.7 Å². The highest BCUT2D eigenvalue weighted by Crippen LogP contribution is 2.57. The van der Waals surface area contributed by atoms with Crippen LogP contribution in [-0.2, 0) is 18.4 Å². The number of hydrogen-bond acceptors (Lipinski definition) is 4. The molecule has 0 radical (unpaired) electrons. The summed E-state index contributed by atoms with van der Waals surface area (Å²) in [6, 6.07) is 0. The van der Waals surface area contributed by atoms with Gasteiger partial charge in [0.2, 0.25) is 0 Å². The van der Waals surface area contributed by atoms with Gasteiger partial charge in [0.15, 0.2) is 0 Å². The number of rotatable bonds is 9. The number of carbonyl (C=O) groups is 1. The van der Waals surface area contributed by atoms with Crippen LogP contribution >= 0.6 is 7.60 Å². The van der Waals surface area contributed by atoms with Crippen LogP contribution < -0.4 is 0 Å². The van der Waals surface area contributed by atoms with Crippen LogP contribution in [0.5, 0.6) is 0 Å². The van der Waals surface area contributed by atoms with Crippen LogP contribution in [0, 0.1) is 0 Å². The van der Waals surface area contributed by atoms with Crippen molar-refractivity contribution in [2.75, 3.05) is 0 Å². The standard InChI is InChI=1S/C12H25O4P/c1-6-7-12(8-9-13)17(14,15-10(2)3)16-11(4)5/h9-12H,6-8H2,1-5H3. The predicted molar refractivity (Wildman–Crippen MR) is 69.4 cm³/mol. The van der Waals surface area contributed by atoms with Gasteiger partial charge in [-0.2, -0.15) is 0 Å². The molecule has 0 rings (SSSR count). The minimum absolute atomic E-state index is 0.175. The van der Waals surface area contributed by atoms with Crippen LogP contribution in [0.3, 0.4) is 0 Å². The molecule has 102 valence electrons. The summed E-state index contributed by atoms with van der Waals surface area (Å²) in [5, 5.41) is 0. The summed E-state index contributed by atoms with van der Waals surface area (Å²) >= 11 is 0. The van der Waals surface area contributed by atoms with Gasteiger partial charge in [-0.25, -0.2) is 0 Å². The smallest absolute Gasteiger partial charge is 0.306 e. The van der Waals surface area contributed by atoms with Gasteiger partial charge in [0, 0.05) is 6.42 Å². The molecule has 0 saturated carbocycles. The zero-order chi connectivity index (χ0) is 13.5. The molecular weight excluding hydrogens is 239 g/mol. The molecule has 0 saturated heterocycles. The van der Waals surface area contributed by atoms with Crippen molar-refractivity contribution in [1.82, 2.24) is 0 Å². The maximum atomic E-state index is 12.7. The summed E-state index contributed by atoms with van der Waals surface area (Å²) in [7, 11) is -3.21. The highest BCUT2D eigenvalue weighted by molar-refractivity contribution is 7.54. The van der Waals surface area contributed by atoms with Gasteiger partial charge < -0.3 is 13.8 Å². The second kappa shape index (κ2) is 8.02. The summed E-state index contributed by atoms with van der Waals surface area (Å²) < 4.78 is 23.7. The average Bonchev–Trinajstić information content (AvgIpc) is 2.14. The van der Waals surface area contributed by atoms with Crippen LogP contribution in [0.1, 0.15) is 53.9 Å². The molecule has 0 heterocycles. The van der Waals surface area contributed by atoms with E-state index in [1.54, 1.807) is 0 Å². The third kappa shape index (κ3) is 6.35. The lowest BCUT2D eigenvalue weighted by Crippen LogP contribution is -2.19. The van der Waals surface area contributed by atoms with Gasteiger partial charge >= 0.3 is 7.60 Å². The first-order valence-electron chi connectivity index (χ1n) is 6.25. The van der Waals surface area contributed by atoms with E-state index in [2.05, 4.69) is 0 Å². The van der Waals surface area contributed by atoms with Gasteiger partial charge in [-0.05, 0) is 34.1 Å². The van der Waals surface area contributed by atoms with E-state index in [1.807, 2.05) is 34.6 Å². The van der Waals surface area contributed by atoms with E-state index in [0.717, 1.165) is 12.7 Å². The largest absolute Gasteiger partial charge is 0.334 e. The number of carbonyl (C=O) groups excluding carboxylic acids is 1. The van der Waals surface area contributed by atoms with Crippen molar-refractivity contribution in [3.8, 4) is 0 Å². The Bertz CT molecular complexity index is 249. The Morgan fingerprint density at radius 1 is 1.12 bits per heavy atom. The molecule has 0 N–H and O–H groups in total. The van der Waals surface area contributed by atoms with Crippen molar-refractivity contribution in [3.63, 3.8) is 0 Å². The maximum Gasteiger partial charge on any atom is 0.334 e. The summed E-state index contributed by atoms with van der Waals surface area (Å²) in [6.07, 6.45) is 2.20. The first-order chi connectivity index (χ1) is 7.85. The molecule has 4 nitrogen and oxygen atoms in total. The molecule has 0 aliphatic carbocycles. The van der Waals surface area contributed by atoms with Crippen molar-refractivity contribution in [3.05, 3.63) is 0 Å². The normalized spacial score (nSPS) is 14.3. The van der Waals surface area contributed by atoms with E-state index in [0.29, 0.717) is 6.42 Å². The van der Waals surface area contributed by atoms with Crippen molar-refractivity contribution < 1.29 is 18.4 Å². The number of hydrogen-bond donors (Lipinski definition) is 0. The Morgan fingerprint density at radius 2 is 1.59 bits per heavy atom. The molecule has 1 unspecified atom stereocenters. The fourth-order valence-corrected chi connectivity index (χ4v) is 4.12. The lowest BCUT2D eigenvalue weighted by Gasteiger charge is -2.28. The van der Waals surface area contributed by atoms with Crippen molar-refractivity contribution >= 4 is 13.9 Å². The first-order valence-corrected chi connectivity index (χ1v) is 7.87. The third-order valence-corrected chi connectivity index (χ3v) is 4.95. The Balaban J connectivity index is 4.94. The highest BCUT2D eigenvalue weighted by atomic mass is 31.2. The molecule has 0 aromatic carbocycles.